The Bertz CT molecular complexity index is 388. The maximum Gasteiger partial charge on any atom is 0.118 e. The van der Waals surface area contributed by atoms with Crippen LogP contribution in [0.25, 0.3) is 0 Å². The Labute approximate surface area is 128 Å². The lowest BCUT2D eigenvalue weighted by molar-refractivity contribution is 0.0381. The van der Waals surface area contributed by atoms with Gasteiger partial charge in [0, 0.05) is 32.2 Å². The molecule has 1 aliphatic heterocycles. The van der Waals surface area contributed by atoms with E-state index in [0.717, 1.165) is 58.0 Å². The molecule has 1 N–H and O–H groups in total. The molecule has 1 saturated heterocycles. The SMILES string of the molecule is COc1ccc(CC[C@H](C)NCCN2CCOCC2)cc1. The number of methoxy groups -OCH3 is 1. The lowest BCUT2D eigenvalue weighted by Crippen LogP contribution is -2.41. The van der Waals surface area contributed by atoms with Crippen LogP contribution in [0.4, 0.5) is 0 Å². The number of nitrogens with zero attached hydrogens (tertiary/aromatic N) is 1. The molecule has 0 saturated carbocycles. The molecule has 4 heteroatoms. The monoisotopic (exact) mass is 292 g/mol. The van der Waals surface area contributed by atoms with E-state index in [9.17, 15) is 0 Å². The standard InChI is InChI=1S/C17H28N2O2/c1-15(18-9-10-19-11-13-21-14-12-19)3-4-16-5-7-17(20-2)8-6-16/h5-8,15,18H,3-4,9-14H2,1-2H3/t15-/m0/s1. The number of aryl methyl sites for hydroxylation is 1. The van der Waals surface area contributed by atoms with E-state index in [2.05, 4.69) is 29.3 Å². The largest absolute Gasteiger partial charge is 0.497 e. The fourth-order valence-electron chi connectivity index (χ4n) is 2.57. The smallest absolute Gasteiger partial charge is 0.118 e. The fourth-order valence-corrected chi connectivity index (χ4v) is 2.57. The van der Waals surface area contributed by atoms with Crippen LogP contribution in [-0.2, 0) is 11.2 Å². The van der Waals surface area contributed by atoms with Crippen molar-refractivity contribution >= 4 is 0 Å². The molecule has 0 spiro atoms. The van der Waals surface area contributed by atoms with E-state index in [4.69, 9.17) is 9.47 Å². The quantitative estimate of drug-likeness (QED) is 0.794. The maximum atomic E-state index is 5.36. The van der Waals surface area contributed by atoms with E-state index in [-0.39, 0.29) is 0 Å². The Morgan fingerprint density at radius 3 is 2.62 bits per heavy atom. The van der Waals surface area contributed by atoms with E-state index < -0.39 is 0 Å². The first kappa shape index (κ1) is 16.3. The van der Waals surface area contributed by atoms with Crippen molar-refractivity contribution in [2.75, 3.05) is 46.5 Å². The van der Waals surface area contributed by atoms with Gasteiger partial charge in [0.25, 0.3) is 0 Å². The third-order valence-electron chi connectivity index (χ3n) is 4.05. The Morgan fingerprint density at radius 1 is 1.24 bits per heavy atom. The van der Waals surface area contributed by atoms with E-state index in [1.807, 2.05) is 12.1 Å². The minimum atomic E-state index is 0.549. The summed E-state index contributed by atoms with van der Waals surface area (Å²) in [6.45, 7) is 8.35. The number of benzene rings is 1. The van der Waals surface area contributed by atoms with Gasteiger partial charge in [-0.3, -0.25) is 4.90 Å². The van der Waals surface area contributed by atoms with Gasteiger partial charge in [0.1, 0.15) is 5.75 Å². The zero-order valence-electron chi connectivity index (χ0n) is 13.3. The van der Waals surface area contributed by atoms with Gasteiger partial charge in [-0.15, -0.1) is 0 Å². The molecule has 0 bridgehead atoms. The van der Waals surface area contributed by atoms with E-state index in [0.29, 0.717) is 6.04 Å². The van der Waals surface area contributed by atoms with Crippen molar-refractivity contribution < 1.29 is 9.47 Å². The number of rotatable bonds is 8. The van der Waals surface area contributed by atoms with Crippen LogP contribution in [0.3, 0.4) is 0 Å². The molecule has 1 heterocycles. The van der Waals surface area contributed by atoms with Crippen LogP contribution in [0.2, 0.25) is 0 Å². The summed E-state index contributed by atoms with van der Waals surface area (Å²) in [6.07, 6.45) is 2.27. The number of hydrogen-bond donors (Lipinski definition) is 1. The molecule has 1 aromatic carbocycles. The molecule has 4 nitrogen and oxygen atoms in total. The molecule has 0 aliphatic carbocycles. The van der Waals surface area contributed by atoms with Crippen molar-refractivity contribution in [2.24, 2.45) is 0 Å². The summed E-state index contributed by atoms with van der Waals surface area (Å²) in [6, 6.07) is 8.92. The Kier molecular flexibility index (Phi) is 7.00. The minimum Gasteiger partial charge on any atom is -0.497 e. The summed E-state index contributed by atoms with van der Waals surface area (Å²) in [5.74, 6) is 0.926. The first-order valence-corrected chi connectivity index (χ1v) is 7.94. The van der Waals surface area contributed by atoms with Crippen LogP contribution >= 0.6 is 0 Å². The van der Waals surface area contributed by atoms with Crippen LogP contribution in [0.15, 0.2) is 24.3 Å². The molecule has 0 radical (unpaired) electrons. The molecule has 0 aromatic heterocycles. The maximum absolute atomic E-state index is 5.36. The van der Waals surface area contributed by atoms with E-state index in [1.54, 1.807) is 7.11 Å². The van der Waals surface area contributed by atoms with E-state index in [1.165, 1.54) is 5.56 Å². The van der Waals surface area contributed by atoms with Crippen LogP contribution in [0.5, 0.6) is 5.75 Å². The number of morpholine rings is 1. The zero-order valence-corrected chi connectivity index (χ0v) is 13.3. The highest BCUT2D eigenvalue weighted by Crippen LogP contribution is 2.13. The van der Waals surface area contributed by atoms with Crippen LogP contribution in [0, 0.1) is 0 Å². The van der Waals surface area contributed by atoms with Gasteiger partial charge in [-0.2, -0.15) is 0 Å². The summed E-state index contributed by atoms with van der Waals surface area (Å²) in [5, 5.41) is 3.62. The van der Waals surface area contributed by atoms with Gasteiger partial charge in [-0.25, -0.2) is 0 Å². The summed E-state index contributed by atoms with van der Waals surface area (Å²) >= 11 is 0. The van der Waals surface area contributed by atoms with Gasteiger partial charge < -0.3 is 14.8 Å². The van der Waals surface area contributed by atoms with Crippen molar-refractivity contribution in [1.82, 2.24) is 10.2 Å². The van der Waals surface area contributed by atoms with Crippen molar-refractivity contribution in [2.45, 2.75) is 25.8 Å². The molecule has 2 rings (SSSR count). The molecule has 1 fully saturated rings. The lowest BCUT2D eigenvalue weighted by atomic mass is 10.1. The predicted octanol–water partition coefficient (Wildman–Crippen LogP) is 1.94. The van der Waals surface area contributed by atoms with Crippen molar-refractivity contribution in [3.8, 4) is 5.75 Å². The molecule has 0 amide bonds. The molecular formula is C17H28N2O2. The lowest BCUT2D eigenvalue weighted by Gasteiger charge is -2.27. The molecule has 1 atom stereocenters. The first-order valence-electron chi connectivity index (χ1n) is 7.94. The van der Waals surface area contributed by atoms with Gasteiger partial charge in [-0.1, -0.05) is 12.1 Å². The highest BCUT2D eigenvalue weighted by Gasteiger charge is 2.10. The summed E-state index contributed by atoms with van der Waals surface area (Å²) in [7, 11) is 1.70. The number of nitrogens with one attached hydrogen (secondary N) is 1. The summed E-state index contributed by atoms with van der Waals surface area (Å²) in [5.41, 5.74) is 1.37. The van der Waals surface area contributed by atoms with Crippen molar-refractivity contribution in [3.63, 3.8) is 0 Å². The predicted molar refractivity (Wildman–Crippen MR) is 86.0 cm³/mol. The van der Waals surface area contributed by atoms with Gasteiger partial charge in [0.2, 0.25) is 0 Å². The van der Waals surface area contributed by atoms with Crippen LogP contribution in [-0.4, -0.2) is 57.4 Å². The van der Waals surface area contributed by atoms with Crippen molar-refractivity contribution in [3.05, 3.63) is 29.8 Å². The highest BCUT2D eigenvalue weighted by molar-refractivity contribution is 5.27. The molecule has 21 heavy (non-hydrogen) atoms. The summed E-state index contributed by atoms with van der Waals surface area (Å²) < 4.78 is 10.5. The second kappa shape index (κ2) is 9.03. The first-order chi connectivity index (χ1) is 10.3. The molecular weight excluding hydrogens is 264 g/mol. The number of ether oxygens (including phenoxy) is 2. The Morgan fingerprint density at radius 2 is 1.95 bits per heavy atom. The minimum absolute atomic E-state index is 0.549. The fraction of sp³-hybridized carbons (Fsp3) is 0.647. The molecule has 1 aliphatic rings. The van der Waals surface area contributed by atoms with Gasteiger partial charge in [-0.05, 0) is 37.5 Å². The van der Waals surface area contributed by atoms with Crippen LogP contribution < -0.4 is 10.1 Å². The van der Waals surface area contributed by atoms with E-state index >= 15 is 0 Å². The van der Waals surface area contributed by atoms with Gasteiger partial charge in [0.15, 0.2) is 0 Å². The molecule has 118 valence electrons. The highest BCUT2D eigenvalue weighted by atomic mass is 16.5. The third kappa shape index (κ3) is 6.04. The molecule has 0 unspecified atom stereocenters. The normalized spacial score (nSPS) is 17.6. The van der Waals surface area contributed by atoms with Crippen molar-refractivity contribution in [1.29, 1.82) is 0 Å². The summed E-state index contributed by atoms with van der Waals surface area (Å²) in [4.78, 5) is 2.46. The number of hydrogen-bond acceptors (Lipinski definition) is 4. The van der Waals surface area contributed by atoms with Crippen LogP contribution in [0.1, 0.15) is 18.9 Å². The Balaban J connectivity index is 1.59. The average Bonchev–Trinajstić information content (AvgIpc) is 2.54. The topological polar surface area (TPSA) is 33.7 Å². The second-order valence-electron chi connectivity index (χ2n) is 5.70. The Hall–Kier alpha value is -1.10. The molecule has 1 aromatic rings. The zero-order chi connectivity index (χ0) is 14.9. The average molecular weight is 292 g/mol. The third-order valence-corrected chi connectivity index (χ3v) is 4.05. The second-order valence-corrected chi connectivity index (χ2v) is 5.70. The van der Waals surface area contributed by atoms with Gasteiger partial charge >= 0.3 is 0 Å². The van der Waals surface area contributed by atoms with Gasteiger partial charge in [0.05, 0.1) is 20.3 Å².